The highest BCUT2D eigenvalue weighted by Gasteiger charge is 2.62. The lowest BCUT2D eigenvalue weighted by Crippen LogP contribution is -2.41. The number of imide groups is 1. The maximum Gasteiger partial charge on any atom is 0.421 e. The lowest BCUT2D eigenvalue weighted by molar-refractivity contribution is -0.138. The summed E-state index contributed by atoms with van der Waals surface area (Å²) in [4.78, 5) is 26.2. The zero-order chi connectivity index (χ0) is 19.3. The summed E-state index contributed by atoms with van der Waals surface area (Å²) in [6.07, 6.45) is 1.18. The van der Waals surface area contributed by atoms with Gasteiger partial charge in [0.25, 0.3) is 5.91 Å². The van der Waals surface area contributed by atoms with Crippen LogP contribution >= 0.6 is 0 Å². The number of aryl methyl sites for hydroxylation is 1. The molecule has 0 spiro atoms. The Hall–Kier alpha value is -2.50. The van der Waals surface area contributed by atoms with Crippen molar-refractivity contribution in [2.75, 3.05) is 0 Å². The smallest absolute Gasteiger partial charge is 0.421 e. The standard InChI is InChI=1S/C20H21F2NO3/c1-12-5-7-13(8-6-12)20(22)15-11-14(21)9-10-16(15)23(17(20)24)18(25)26-19(2,3)4/h5-10,15H,11H2,1-4H3/t15?,20-/m1/s1. The second-order valence-corrected chi connectivity index (χ2v) is 7.66. The largest absolute Gasteiger partial charge is 0.443 e. The molecule has 0 saturated carbocycles. The molecule has 138 valence electrons. The first-order chi connectivity index (χ1) is 12.0. The van der Waals surface area contributed by atoms with E-state index in [9.17, 15) is 14.0 Å². The highest BCUT2D eigenvalue weighted by atomic mass is 19.1. The average molecular weight is 361 g/mol. The van der Waals surface area contributed by atoms with Crippen molar-refractivity contribution in [3.8, 4) is 0 Å². The number of alkyl halides is 1. The molecule has 1 heterocycles. The Balaban J connectivity index is 2.09. The van der Waals surface area contributed by atoms with Crippen LogP contribution in [-0.4, -0.2) is 22.5 Å². The van der Waals surface area contributed by atoms with Crippen molar-refractivity contribution >= 4 is 12.0 Å². The molecule has 1 saturated heterocycles. The van der Waals surface area contributed by atoms with Crippen molar-refractivity contribution in [2.24, 2.45) is 5.92 Å². The molecule has 0 radical (unpaired) electrons. The summed E-state index contributed by atoms with van der Waals surface area (Å²) in [7, 11) is 0. The SMILES string of the molecule is Cc1ccc([C@]2(F)C(=O)N(C(=O)OC(C)(C)C)C3=CC=C(F)CC32)cc1. The van der Waals surface area contributed by atoms with E-state index in [1.54, 1.807) is 32.9 Å². The highest BCUT2D eigenvalue weighted by Crippen LogP contribution is 2.52. The van der Waals surface area contributed by atoms with E-state index in [-0.39, 0.29) is 17.7 Å². The van der Waals surface area contributed by atoms with Gasteiger partial charge in [-0.1, -0.05) is 29.8 Å². The minimum atomic E-state index is -2.53. The molecule has 2 aliphatic rings. The van der Waals surface area contributed by atoms with Gasteiger partial charge < -0.3 is 4.74 Å². The number of fused-ring (bicyclic) bond motifs is 1. The summed E-state index contributed by atoms with van der Waals surface area (Å²) in [5.41, 5.74) is -2.26. The summed E-state index contributed by atoms with van der Waals surface area (Å²) >= 11 is 0. The van der Waals surface area contributed by atoms with Crippen LogP contribution in [0.25, 0.3) is 0 Å². The summed E-state index contributed by atoms with van der Waals surface area (Å²) < 4.78 is 35.2. The third-order valence-corrected chi connectivity index (χ3v) is 4.49. The van der Waals surface area contributed by atoms with Crippen molar-refractivity contribution in [3.63, 3.8) is 0 Å². The molecule has 3 rings (SSSR count). The molecule has 0 aromatic heterocycles. The van der Waals surface area contributed by atoms with Crippen molar-refractivity contribution < 1.29 is 23.1 Å². The van der Waals surface area contributed by atoms with Crippen LogP contribution in [0, 0.1) is 12.8 Å². The van der Waals surface area contributed by atoms with E-state index in [0.29, 0.717) is 4.90 Å². The number of allylic oxidation sites excluding steroid dienone is 4. The van der Waals surface area contributed by atoms with Gasteiger partial charge in [-0.25, -0.2) is 18.5 Å². The number of nitrogens with zero attached hydrogens (tertiary/aromatic N) is 1. The van der Waals surface area contributed by atoms with Crippen LogP contribution in [0.2, 0.25) is 0 Å². The molecule has 1 aliphatic carbocycles. The third-order valence-electron chi connectivity index (χ3n) is 4.49. The van der Waals surface area contributed by atoms with Crippen LogP contribution in [0.3, 0.4) is 0 Å². The monoisotopic (exact) mass is 361 g/mol. The molecule has 1 aliphatic heterocycles. The number of ether oxygens (including phenoxy) is 1. The van der Waals surface area contributed by atoms with Crippen molar-refractivity contribution in [3.05, 3.63) is 59.1 Å². The number of rotatable bonds is 1. The molecule has 1 aromatic carbocycles. The molecule has 1 aromatic rings. The predicted octanol–water partition coefficient (Wildman–Crippen LogP) is 4.69. The molecule has 2 amide bonds. The van der Waals surface area contributed by atoms with E-state index in [4.69, 9.17) is 4.74 Å². The molecular weight excluding hydrogens is 340 g/mol. The number of likely N-dealkylation sites (tertiary alicyclic amines) is 1. The molecule has 0 bridgehead atoms. The van der Waals surface area contributed by atoms with Gasteiger partial charge in [0.1, 0.15) is 11.4 Å². The van der Waals surface area contributed by atoms with Crippen molar-refractivity contribution in [1.82, 2.24) is 4.90 Å². The molecular formula is C20H21F2NO3. The summed E-state index contributed by atoms with van der Waals surface area (Å²) in [5.74, 6) is -2.70. The summed E-state index contributed by atoms with van der Waals surface area (Å²) in [6.45, 7) is 6.80. The number of halogens is 2. The molecule has 0 N–H and O–H groups in total. The molecule has 26 heavy (non-hydrogen) atoms. The van der Waals surface area contributed by atoms with Gasteiger partial charge in [0, 0.05) is 12.1 Å². The Kier molecular flexibility index (Phi) is 4.25. The fourth-order valence-corrected chi connectivity index (χ4v) is 3.28. The quantitative estimate of drug-likeness (QED) is 0.729. The maximum atomic E-state index is 16.1. The lowest BCUT2D eigenvalue weighted by atomic mass is 9.80. The fourth-order valence-electron chi connectivity index (χ4n) is 3.28. The van der Waals surface area contributed by atoms with Gasteiger partial charge in [0.15, 0.2) is 0 Å². The molecule has 6 heteroatoms. The second-order valence-electron chi connectivity index (χ2n) is 7.66. The predicted molar refractivity (Wildman–Crippen MR) is 92.4 cm³/mol. The molecule has 4 nitrogen and oxygen atoms in total. The molecule has 2 atom stereocenters. The number of amides is 2. The van der Waals surface area contributed by atoms with Gasteiger partial charge in [0.05, 0.1) is 5.92 Å². The number of carbonyl (C=O) groups excluding carboxylic acids is 2. The minimum absolute atomic E-state index is 0.102. The Morgan fingerprint density at radius 3 is 2.42 bits per heavy atom. The van der Waals surface area contributed by atoms with Crippen LogP contribution in [-0.2, 0) is 15.2 Å². The Morgan fingerprint density at radius 2 is 1.85 bits per heavy atom. The van der Waals surface area contributed by atoms with Gasteiger partial charge in [-0.05, 0) is 45.4 Å². The van der Waals surface area contributed by atoms with Crippen LogP contribution in [0.1, 0.15) is 38.3 Å². The number of benzene rings is 1. The Bertz CT molecular complexity index is 820. The fraction of sp³-hybridized carbons (Fsp3) is 0.400. The van der Waals surface area contributed by atoms with Gasteiger partial charge in [-0.2, -0.15) is 0 Å². The van der Waals surface area contributed by atoms with Gasteiger partial charge in [0.2, 0.25) is 5.67 Å². The van der Waals surface area contributed by atoms with Gasteiger partial charge in [-0.3, -0.25) is 4.79 Å². The normalized spacial score (nSPS) is 25.5. The zero-order valence-electron chi connectivity index (χ0n) is 15.2. The van der Waals surface area contributed by atoms with E-state index >= 15 is 4.39 Å². The van der Waals surface area contributed by atoms with Crippen molar-refractivity contribution in [2.45, 2.75) is 45.4 Å². The Labute approximate surface area is 151 Å². The number of carbonyl (C=O) groups is 2. The first-order valence-electron chi connectivity index (χ1n) is 8.44. The minimum Gasteiger partial charge on any atom is -0.443 e. The topological polar surface area (TPSA) is 46.6 Å². The zero-order valence-corrected chi connectivity index (χ0v) is 15.2. The summed E-state index contributed by atoms with van der Waals surface area (Å²) in [6, 6.07) is 6.36. The van der Waals surface area contributed by atoms with E-state index in [2.05, 4.69) is 0 Å². The maximum absolute atomic E-state index is 16.1. The third kappa shape index (κ3) is 2.93. The number of hydrogen-bond donors (Lipinski definition) is 0. The molecule has 1 unspecified atom stereocenters. The first-order valence-corrected chi connectivity index (χ1v) is 8.44. The van der Waals surface area contributed by atoms with Crippen LogP contribution in [0.15, 0.2) is 47.9 Å². The van der Waals surface area contributed by atoms with Gasteiger partial charge in [-0.15, -0.1) is 0 Å². The Morgan fingerprint density at radius 1 is 1.23 bits per heavy atom. The summed E-state index contributed by atoms with van der Waals surface area (Å²) in [5, 5.41) is 0. The number of hydrogen-bond acceptors (Lipinski definition) is 3. The van der Waals surface area contributed by atoms with E-state index < -0.39 is 35.0 Å². The van der Waals surface area contributed by atoms with Crippen molar-refractivity contribution in [1.29, 1.82) is 0 Å². The van der Waals surface area contributed by atoms with E-state index in [0.717, 1.165) is 11.6 Å². The second kappa shape index (κ2) is 6.04. The average Bonchev–Trinajstić information content (AvgIpc) is 2.75. The first kappa shape index (κ1) is 18.3. The van der Waals surface area contributed by atoms with Crippen LogP contribution < -0.4 is 0 Å². The van der Waals surface area contributed by atoms with Crippen LogP contribution in [0.4, 0.5) is 13.6 Å². The molecule has 1 fully saturated rings. The van der Waals surface area contributed by atoms with E-state index in [1.807, 2.05) is 6.92 Å². The van der Waals surface area contributed by atoms with Crippen LogP contribution in [0.5, 0.6) is 0 Å². The van der Waals surface area contributed by atoms with Gasteiger partial charge >= 0.3 is 6.09 Å². The highest BCUT2D eigenvalue weighted by molar-refractivity contribution is 6.03. The van der Waals surface area contributed by atoms with E-state index in [1.165, 1.54) is 18.2 Å². The lowest BCUT2D eigenvalue weighted by Gasteiger charge is -2.25.